The minimum absolute atomic E-state index is 0.253. The smallest absolute Gasteiger partial charge is 0.325 e. The molecule has 0 fully saturated rings. The van der Waals surface area contributed by atoms with E-state index in [4.69, 9.17) is 17.3 Å². The summed E-state index contributed by atoms with van der Waals surface area (Å²) in [6.07, 6.45) is 0. The normalized spacial score (nSPS) is 12.7. The first-order chi connectivity index (χ1) is 6.99. The van der Waals surface area contributed by atoms with E-state index in [-0.39, 0.29) is 5.69 Å². The minimum atomic E-state index is -0.491. The number of aromatic nitrogens is 2. The Morgan fingerprint density at radius 3 is 2.73 bits per heavy atom. The maximum atomic E-state index is 11.5. The van der Waals surface area contributed by atoms with E-state index in [1.807, 2.05) is 0 Å². The maximum Gasteiger partial charge on any atom is 0.325 e. The third-order valence-corrected chi connectivity index (χ3v) is 2.62. The number of alkyl halides is 1. The first-order valence-corrected chi connectivity index (χ1v) is 5.17. The zero-order valence-corrected chi connectivity index (χ0v) is 9.47. The Bertz CT molecular complexity index is 421. The number of nitrogens with one attached hydrogen (secondary N) is 1. The molecule has 0 saturated carbocycles. The number of nitrogens with zero attached hydrogens (tertiary/aromatic N) is 1. The standard InChI is InChI=1S/C9H14ClN3O2/c1-5(8(11)14)7-6(2)13(4-3-10)9(15)12-7/h5H,3-4H2,1-2H3,(H2,11,14)(H,12,15). The number of halogens is 1. The largest absolute Gasteiger partial charge is 0.369 e. The van der Waals surface area contributed by atoms with Crippen LogP contribution in [-0.2, 0) is 11.3 Å². The lowest BCUT2D eigenvalue weighted by atomic mass is 10.1. The molecular weight excluding hydrogens is 218 g/mol. The molecule has 0 radical (unpaired) electrons. The van der Waals surface area contributed by atoms with Crippen LogP contribution in [0.5, 0.6) is 0 Å². The summed E-state index contributed by atoms with van der Waals surface area (Å²) in [6.45, 7) is 3.85. The van der Waals surface area contributed by atoms with Crippen molar-refractivity contribution >= 4 is 17.5 Å². The zero-order valence-electron chi connectivity index (χ0n) is 8.71. The summed E-state index contributed by atoms with van der Waals surface area (Å²) >= 11 is 5.57. The molecule has 3 N–H and O–H groups in total. The quantitative estimate of drug-likeness (QED) is 0.732. The summed E-state index contributed by atoms with van der Waals surface area (Å²) in [5, 5.41) is 0. The number of hydrogen-bond donors (Lipinski definition) is 2. The predicted molar refractivity (Wildman–Crippen MR) is 58.1 cm³/mol. The summed E-state index contributed by atoms with van der Waals surface area (Å²) in [5.74, 6) is -0.602. The van der Waals surface area contributed by atoms with Gasteiger partial charge in [-0.1, -0.05) is 0 Å². The van der Waals surface area contributed by atoms with Crippen LogP contribution in [0.4, 0.5) is 0 Å². The van der Waals surface area contributed by atoms with Gasteiger partial charge in [0, 0.05) is 18.1 Å². The van der Waals surface area contributed by atoms with Gasteiger partial charge in [0.2, 0.25) is 5.91 Å². The number of amides is 1. The molecule has 15 heavy (non-hydrogen) atoms. The van der Waals surface area contributed by atoms with Gasteiger partial charge < -0.3 is 10.7 Å². The van der Waals surface area contributed by atoms with Gasteiger partial charge in [-0.2, -0.15) is 0 Å². The van der Waals surface area contributed by atoms with Gasteiger partial charge in [-0.15, -0.1) is 11.6 Å². The van der Waals surface area contributed by atoms with Crippen LogP contribution in [0.3, 0.4) is 0 Å². The van der Waals surface area contributed by atoms with Gasteiger partial charge in [0.1, 0.15) is 0 Å². The fourth-order valence-electron chi connectivity index (χ4n) is 1.49. The van der Waals surface area contributed by atoms with E-state index in [1.165, 1.54) is 4.57 Å². The average Bonchev–Trinajstić information content (AvgIpc) is 2.45. The Labute approximate surface area is 92.2 Å². The summed E-state index contributed by atoms with van der Waals surface area (Å²) in [4.78, 5) is 25.1. The van der Waals surface area contributed by atoms with Crippen molar-refractivity contribution in [2.75, 3.05) is 5.88 Å². The molecule has 0 aromatic carbocycles. The van der Waals surface area contributed by atoms with Crippen molar-refractivity contribution in [2.45, 2.75) is 26.3 Å². The van der Waals surface area contributed by atoms with Gasteiger partial charge in [0.15, 0.2) is 0 Å². The third-order valence-electron chi connectivity index (χ3n) is 2.45. The fourth-order valence-corrected chi connectivity index (χ4v) is 1.66. The number of H-pyrrole nitrogens is 1. The van der Waals surface area contributed by atoms with Crippen LogP contribution in [-0.4, -0.2) is 21.3 Å². The molecule has 6 heteroatoms. The van der Waals surface area contributed by atoms with Crippen LogP contribution in [0.25, 0.3) is 0 Å². The minimum Gasteiger partial charge on any atom is -0.369 e. The number of rotatable bonds is 4. The molecule has 0 aliphatic heterocycles. The molecule has 0 saturated heterocycles. The SMILES string of the molecule is Cc1c(C(C)C(N)=O)[nH]c(=O)n1CCCl. The summed E-state index contributed by atoms with van der Waals surface area (Å²) in [6, 6.07) is 0. The van der Waals surface area contributed by atoms with Gasteiger partial charge in [0.05, 0.1) is 11.6 Å². The average molecular weight is 232 g/mol. The summed E-state index contributed by atoms with van der Waals surface area (Å²) in [5.41, 5.74) is 6.20. The third kappa shape index (κ3) is 2.23. The van der Waals surface area contributed by atoms with Crippen LogP contribution in [0.2, 0.25) is 0 Å². The molecule has 1 rings (SSSR count). The second-order valence-electron chi connectivity index (χ2n) is 3.39. The van der Waals surface area contributed by atoms with E-state index in [9.17, 15) is 9.59 Å². The van der Waals surface area contributed by atoms with E-state index >= 15 is 0 Å². The Kier molecular flexibility index (Phi) is 3.57. The van der Waals surface area contributed by atoms with Gasteiger partial charge in [0.25, 0.3) is 0 Å². The second kappa shape index (κ2) is 4.53. The molecule has 84 valence electrons. The lowest BCUT2D eigenvalue weighted by molar-refractivity contribution is -0.119. The van der Waals surface area contributed by atoms with Gasteiger partial charge in [-0.25, -0.2) is 4.79 Å². The number of imidazole rings is 1. The lowest BCUT2D eigenvalue weighted by Crippen LogP contribution is -2.20. The Morgan fingerprint density at radius 1 is 1.67 bits per heavy atom. The van der Waals surface area contributed by atoms with Gasteiger partial charge >= 0.3 is 5.69 Å². The highest BCUT2D eigenvalue weighted by Crippen LogP contribution is 2.15. The van der Waals surface area contributed by atoms with Crippen LogP contribution >= 0.6 is 11.6 Å². The molecule has 1 atom stereocenters. The van der Waals surface area contributed by atoms with Crippen molar-refractivity contribution in [3.63, 3.8) is 0 Å². The van der Waals surface area contributed by atoms with E-state index in [0.717, 1.165) is 0 Å². The highest BCUT2D eigenvalue weighted by atomic mass is 35.5. The van der Waals surface area contributed by atoms with Crippen molar-refractivity contribution in [3.8, 4) is 0 Å². The Balaban J connectivity index is 3.17. The number of aromatic amines is 1. The molecule has 5 nitrogen and oxygen atoms in total. The lowest BCUT2D eigenvalue weighted by Gasteiger charge is -2.06. The molecule has 0 aliphatic rings. The molecule has 1 aromatic rings. The van der Waals surface area contributed by atoms with Crippen molar-refractivity contribution in [1.29, 1.82) is 0 Å². The summed E-state index contributed by atoms with van der Waals surface area (Å²) in [7, 11) is 0. The number of primary amides is 1. The van der Waals surface area contributed by atoms with Crippen molar-refractivity contribution in [1.82, 2.24) is 9.55 Å². The Morgan fingerprint density at radius 2 is 2.27 bits per heavy atom. The van der Waals surface area contributed by atoms with Crippen molar-refractivity contribution in [2.24, 2.45) is 5.73 Å². The first kappa shape index (κ1) is 11.8. The van der Waals surface area contributed by atoms with Crippen LogP contribution in [0.1, 0.15) is 24.2 Å². The molecular formula is C9H14ClN3O2. The van der Waals surface area contributed by atoms with Crippen LogP contribution < -0.4 is 11.4 Å². The van der Waals surface area contributed by atoms with E-state index < -0.39 is 11.8 Å². The zero-order chi connectivity index (χ0) is 11.6. The monoisotopic (exact) mass is 231 g/mol. The maximum absolute atomic E-state index is 11.5. The van der Waals surface area contributed by atoms with Crippen LogP contribution in [0, 0.1) is 6.92 Å². The molecule has 1 amide bonds. The summed E-state index contributed by atoms with van der Waals surface area (Å²) < 4.78 is 1.50. The van der Waals surface area contributed by atoms with E-state index in [2.05, 4.69) is 4.98 Å². The van der Waals surface area contributed by atoms with E-state index in [0.29, 0.717) is 23.8 Å². The molecule has 0 bridgehead atoms. The number of hydrogen-bond acceptors (Lipinski definition) is 2. The molecule has 1 heterocycles. The first-order valence-electron chi connectivity index (χ1n) is 4.63. The van der Waals surface area contributed by atoms with Crippen molar-refractivity contribution < 1.29 is 4.79 Å². The van der Waals surface area contributed by atoms with E-state index in [1.54, 1.807) is 13.8 Å². The van der Waals surface area contributed by atoms with Gasteiger partial charge in [-0.3, -0.25) is 9.36 Å². The van der Waals surface area contributed by atoms with Gasteiger partial charge in [-0.05, 0) is 13.8 Å². The number of nitrogens with two attached hydrogens (primary N) is 1. The topological polar surface area (TPSA) is 80.9 Å². The fraction of sp³-hybridized carbons (Fsp3) is 0.556. The van der Waals surface area contributed by atoms with Crippen molar-refractivity contribution in [3.05, 3.63) is 21.9 Å². The molecule has 1 unspecified atom stereocenters. The predicted octanol–water partition coefficient (Wildman–Crippen LogP) is 0.312. The second-order valence-corrected chi connectivity index (χ2v) is 3.77. The molecule has 0 spiro atoms. The molecule has 0 aliphatic carbocycles. The van der Waals surface area contributed by atoms with Crippen LogP contribution in [0.15, 0.2) is 4.79 Å². The number of carbonyl (C=O) groups is 1. The highest BCUT2D eigenvalue weighted by molar-refractivity contribution is 6.17. The number of carbonyl (C=O) groups excluding carboxylic acids is 1. The Hall–Kier alpha value is -1.23. The molecule has 1 aromatic heterocycles. The highest BCUT2D eigenvalue weighted by Gasteiger charge is 2.19.